The van der Waals surface area contributed by atoms with Gasteiger partial charge in [0.2, 0.25) is 5.60 Å². The number of hydrogen-bond donors (Lipinski definition) is 1. The van der Waals surface area contributed by atoms with Crippen LogP contribution in [0.4, 0.5) is 14.5 Å². The second-order valence-corrected chi connectivity index (χ2v) is 12.0. The van der Waals surface area contributed by atoms with Gasteiger partial charge in [-0.3, -0.25) is 9.69 Å². The molecule has 218 valence electrons. The smallest absolute Gasteiger partial charge is 0.280 e. The van der Waals surface area contributed by atoms with Gasteiger partial charge in [-0.1, -0.05) is 54.9 Å². The molecule has 3 unspecified atom stereocenters. The van der Waals surface area contributed by atoms with Crippen molar-refractivity contribution in [3.8, 4) is 0 Å². The third-order valence-electron chi connectivity index (χ3n) is 9.10. The van der Waals surface area contributed by atoms with Crippen molar-refractivity contribution >= 4 is 23.2 Å². The Labute approximate surface area is 240 Å². The summed E-state index contributed by atoms with van der Waals surface area (Å²) in [7, 11) is 2.05. The summed E-state index contributed by atoms with van der Waals surface area (Å²) in [5.74, 6) is 0.162. The van der Waals surface area contributed by atoms with Crippen molar-refractivity contribution in [3.05, 3.63) is 64.7 Å². The Morgan fingerprint density at radius 2 is 1.70 bits per heavy atom. The number of anilines is 1. The minimum Gasteiger partial charge on any atom is -0.371 e. The van der Waals surface area contributed by atoms with E-state index in [0.717, 1.165) is 68.0 Å². The van der Waals surface area contributed by atoms with Gasteiger partial charge >= 0.3 is 0 Å². The average Bonchev–Trinajstić information content (AvgIpc) is 3.78. The van der Waals surface area contributed by atoms with Crippen molar-refractivity contribution in [2.75, 3.05) is 44.7 Å². The van der Waals surface area contributed by atoms with Gasteiger partial charge in [-0.15, -0.1) is 0 Å². The maximum absolute atomic E-state index is 13.9. The largest absolute Gasteiger partial charge is 0.371 e. The highest BCUT2D eigenvalue weighted by Gasteiger charge is 2.50. The molecule has 1 amide bonds. The summed E-state index contributed by atoms with van der Waals surface area (Å²) in [6, 6.07) is 13.9. The quantitative estimate of drug-likeness (QED) is 0.390. The highest BCUT2D eigenvalue weighted by Crippen LogP contribution is 2.44. The number of ether oxygens (including phenoxy) is 1. The number of benzene rings is 2. The van der Waals surface area contributed by atoms with Crippen LogP contribution in [0.1, 0.15) is 56.3 Å². The standard InChI is InChI=1S/C31H40ClF2N3O3/c1-3-35(2)28-27(40-28)25-10-9-24(20-26(25)32)36-15-11-21(12-16-36)19-22-13-17-37(18-14-22)30(38)31(39,29(33)34)23-7-5-4-6-8-23/h4-10,20-22,27-29,39H,3,11-19H2,1-2H3. The highest BCUT2D eigenvalue weighted by molar-refractivity contribution is 6.31. The number of carbonyl (C=O) groups is 1. The van der Waals surface area contributed by atoms with Crippen LogP contribution in [-0.4, -0.2) is 73.2 Å². The number of aliphatic hydroxyl groups is 1. The Morgan fingerprint density at radius 1 is 1.07 bits per heavy atom. The van der Waals surface area contributed by atoms with Crippen LogP contribution < -0.4 is 4.90 Å². The molecule has 0 radical (unpaired) electrons. The SMILES string of the molecule is CCN(C)C1OC1c1ccc(N2CCC(CC3CCN(C(=O)C(O)(c4ccccc4)C(F)F)CC3)CC2)cc1Cl. The Hall–Kier alpha value is -2.26. The number of halogens is 3. The summed E-state index contributed by atoms with van der Waals surface area (Å²) in [4.78, 5) is 19.0. The summed E-state index contributed by atoms with van der Waals surface area (Å²) < 4.78 is 33.7. The van der Waals surface area contributed by atoms with Gasteiger partial charge in [-0.2, -0.15) is 0 Å². The topological polar surface area (TPSA) is 59.5 Å². The van der Waals surface area contributed by atoms with Gasteiger partial charge in [-0.05, 0) is 75.2 Å². The van der Waals surface area contributed by atoms with Crippen molar-refractivity contribution in [2.24, 2.45) is 11.8 Å². The monoisotopic (exact) mass is 575 g/mol. The zero-order chi connectivity index (χ0) is 28.4. The molecule has 2 aromatic rings. The number of alkyl halides is 2. The number of amides is 1. The van der Waals surface area contributed by atoms with Crippen LogP contribution in [0.3, 0.4) is 0 Å². The van der Waals surface area contributed by atoms with E-state index in [1.807, 2.05) is 0 Å². The molecule has 3 saturated heterocycles. The molecule has 3 fully saturated rings. The third-order valence-corrected chi connectivity index (χ3v) is 9.42. The second-order valence-electron chi connectivity index (χ2n) is 11.6. The lowest BCUT2D eigenvalue weighted by molar-refractivity contribution is -0.173. The van der Waals surface area contributed by atoms with E-state index in [-0.39, 0.29) is 17.9 Å². The maximum Gasteiger partial charge on any atom is 0.280 e. The molecular weight excluding hydrogens is 536 g/mol. The minimum absolute atomic E-state index is 0.0430. The fourth-order valence-electron chi connectivity index (χ4n) is 6.34. The van der Waals surface area contributed by atoms with E-state index < -0.39 is 17.9 Å². The van der Waals surface area contributed by atoms with Gasteiger partial charge in [0.05, 0.1) is 0 Å². The third kappa shape index (κ3) is 6.01. The molecule has 0 aliphatic carbocycles. The van der Waals surface area contributed by atoms with Crippen molar-refractivity contribution in [2.45, 2.75) is 63.4 Å². The van der Waals surface area contributed by atoms with Crippen molar-refractivity contribution in [3.63, 3.8) is 0 Å². The van der Waals surface area contributed by atoms with E-state index >= 15 is 0 Å². The maximum atomic E-state index is 13.9. The second kappa shape index (κ2) is 12.3. The molecule has 3 heterocycles. The molecule has 0 bridgehead atoms. The molecule has 3 aliphatic heterocycles. The van der Waals surface area contributed by atoms with Crippen molar-refractivity contribution in [1.82, 2.24) is 9.80 Å². The fourth-order valence-corrected chi connectivity index (χ4v) is 6.62. The van der Waals surface area contributed by atoms with Gasteiger partial charge in [0, 0.05) is 42.5 Å². The molecular formula is C31H40ClF2N3O3. The van der Waals surface area contributed by atoms with E-state index in [1.54, 1.807) is 18.2 Å². The average molecular weight is 576 g/mol. The molecule has 0 saturated carbocycles. The van der Waals surface area contributed by atoms with Gasteiger partial charge in [0.15, 0.2) is 0 Å². The molecule has 40 heavy (non-hydrogen) atoms. The first kappa shape index (κ1) is 29.2. The van der Waals surface area contributed by atoms with Gasteiger partial charge < -0.3 is 19.6 Å². The van der Waals surface area contributed by atoms with Gasteiger partial charge in [0.25, 0.3) is 12.3 Å². The van der Waals surface area contributed by atoms with Crippen LogP contribution in [0.5, 0.6) is 0 Å². The number of likely N-dealkylation sites (N-methyl/N-ethyl adjacent to an activating group) is 1. The molecule has 3 atom stereocenters. The number of likely N-dealkylation sites (tertiary alicyclic amines) is 1. The first-order valence-corrected chi connectivity index (χ1v) is 14.9. The summed E-state index contributed by atoms with van der Waals surface area (Å²) >= 11 is 6.66. The number of piperidine rings is 2. The van der Waals surface area contributed by atoms with Crippen LogP contribution in [-0.2, 0) is 15.1 Å². The predicted octanol–water partition coefficient (Wildman–Crippen LogP) is 5.69. The molecule has 9 heteroatoms. The number of nitrogens with zero attached hydrogens (tertiary/aromatic N) is 3. The van der Waals surface area contributed by atoms with Crippen LogP contribution in [0, 0.1) is 11.8 Å². The highest BCUT2D eigenvalue weighted by atomic mass is 35.5. The van der Waals surface area contributed by atoms with Crippen LogP contribution in [0.15, 0.2) is 48.5 Å². The molecule has 6 nitrogen and oxygen atoms in total. The van der Waals surface area contributed by atoms with Crippen LogP contribution >= 0.6 is 11.6 Å². The number of rotatable bonds is 9. The van der Waals surface area contributed by atoms with Crippen molar-refractivity contribution in [1.29, 1.82) is 0 Å². The van der Waals surface area contributed by atoms with E-state index in [2.05, 4.69) is 42.0 Å². The minimum atomic E-state index is -3.20. The zero-order valence-electron chi connectivity index (χ0n) is 23.3. The van der Waals surface area contributed by atoms with E-state index in [0.29, 0.717) is 24.9 Å². The number of hydrogen-bond acceptors (Lipinski definition) is 5. The first-order valence-electron chi connectivity index (χ1n) is 14.5. The lowest BCUT2D eigenvalue weighted by Gasteiger charge is -2.39. The summed E-state index contributed by atoms with van der Waals surface area (Å²) in [6.07, 6.45) is 1.76. The lowest BCUT2D eigenvalue weighted by atomic mass is 9.82. The number of carbonyl (C=O) groups excluding carboxylic acids is 1. The first-order chi connectivity index (χ1) is 19.2. The normalized spacial score (nSPS) is 24.0. The Kier molecular flexibility index (Phi) is 9.00. The summed E-state index contributed by atoms with van der Waals surface area (Å²) in [5, 5.41) is 11.5. The lowest BCUT2D eigenvalue weighted by Crippen LogP contribution is -2.53. The van der Waals surface area contributed by atoms with Crippen LogP contribution in [0.25, 0.3) is 0 Å². The molecule has 0 aromatic heterocycles. The molecule has 3 aliphatic rings. The molecule has 0 spiro atoms. The zero-order valence-corrected chi connectivity index (χ0v) is 24.1. The Bertz CT molecular complexity index is 1160. The summed E-state index contributed by atoms with van der Waals surface area (Å²) in [6.45, 7) is 5.78. The number of epoxide rings is 1. The van der Waals surface area contributed by atoms with E-state index in [9.17, 15) is 18.7 Å². The predicted molar refractivity (Wildman–Crippen MR) is 153 cm³/mol. The van der Waals surface area contributed by atoms with Crippen molar-refractivity contribution < 1.29 is 23.4 Å². The molecule has 2 aromatic carbocycles. The summed E-state index contributed by atoms with van der Waals surface area (Å²) in [5.41, 5.74) is -0.675. The van der Waals surface area contributed by atoms with Gasteiger partial charge in [0.1, 0.15) is 12.3 Å². The van der Waals surface area contributed by atoms with Crippen LogP contribution in [0.2, 0.25) is 5.02 Å². The Morgan fingerprint density at radius 3 is 2.27 bits per heavy atom. The van der Waals surface area contributed by atoms with E-state index in [1.165, 1.54) is 17.0 Å². The van der Waals surface area contributed by atoms with Gasteiger partial charge in [-0.25, -0.2) is 8.78 Å². The van der Waals surface area contributed by atoms with E-state index in [4.69, 9.17) is 16.3 Å². The molecule has 5 rings (SSSR count). The fraction of sp³-hybridized carbons (Fsp3) is 0.581. The Balaban J connectivity index is 1.09. The molecule has 1 N–H and O–H groups in total.